The minimum absolute atomic E-state index is 0.180. The molecule has 21 heavy (non-hydrogen) atoms. The van der Waals surface area contributed by atoms with Crippen molar-refractivity contribution in [2.45, 2.75) is 66.2 Å². The topological polar surface area (TPSA) is 20.2 Å². The van der Waals surface area contributed by atoms with Gasteiger partial charge >= 0.3 is 0 Å². The lowest BCUT2D eigenvalue weighted by molar-refractivity contribution is -0.0632. The average Bonchev–Trinajstić information content (AvgIpc) is 2.42. The van der Waals surface area contributed by atoms with E-state index in [1.165, 1.54) is 31.3 Å². The Balaban J connectivity index is 2.34. The molecule has 2 aliphatic rings. The van der Waals surface area contributed by atoms with Gasteiger partial charge < -0.3 is 5.11 Å². The van der Waals surface area contributed by atoms with Crippen molar-refractivity contribution in [1.29, 1.82) is 0 Å². The smallest absolute Gasteiger partial charge is 0.0519 e. The van der Waals surface area contributed by atoms with Crippen LogP contribution in [-0.2, 0) is 0 Å². The summed E-state index contributed by atoms with van der Waals surface area (Å²) in [6.45, 7) is 18.1. The average molecular weight is 290 g/mol. The molecule has 0 bridgehead atoms. The third kappa shape index (κ3) is 2.86. The van der Waals surface area contributed by atoms with Crippen LogP contribution in [0.2, 0.25) is 0 Å². The van der Waals surface area contributed by atoms with Crippen LogP contribution in [0.1, 0.15) is 66.2 Å². The molecule has 1 N–H and O–H groups in total. The van der Waals surface area contributed by atoms with Gasteiger partial charge in [0.25, 0.3) is 0 Å². The lowest BCUT2D eigenvalue weighted by Crippen LogP contribution is -2.50. The van der Waals surface area contributed by atoms with Crippen LogP contribution in [0.5, 0.6) is 0 Å². The van der Waals surface area contributed by atoms with Crippen LogP contribution in [0.15, 0.2) is 24.8 Å². The Bertz CT molecular complexity index is 422. The van der Waals surface area contributed by atoms with Gasteiger partial charge in [-0.2, -0.15) is 0 Å². The zero-order valence-corrected chi connectivity index (χ0v) is 14.5. The molecule has 2 saturated carbocycles. The Hall–Kier alpha value is -0.560. The summed E-state index contributed by atoms with van der Waals surface area (Å²) in [6, 6.07) is 0. The van der Waals surface area contributed by atoms with E-state index >= 15 is 0 Å². The zero-order valence-electron chi connectivity index (χ0n) is 14.5. The summed E-state index contributed by atoms with van der Waals surface area (Å²) >= 11 is 0. The van der Waals surface area contributed by atoms with Gasteiger partial charge in [-0.15, -0.1) is 6.58 Å². The van der Waals surface area contributed by atoms with Gasteiger partial charge in [-0.1, -0.05) is 52.3 Å². The normalized spacial score (nSPS) is 38.4. The number of aliphatic hydroxyl groups is 1. The predicted molar refractivity (Wildman–Crippen MR) is 91.1 cm³/mol. The highest BCUT2D eigenvalue weighted by molar-refractivity contribution is 5.17. The molecule has 0 aromatic carbocycles. The van der Waals surface area contributed by atoms with Crippen molar-refractivity contribution < 1.29 is 5.11 Å². The molecule has 0 radical (unpaired) electrons. The van der Waals surface area contributed by atoms with Crippen LogP contribution < -0.4 is 0 Å². The molecule has 2 aliphatic carbocycles. The van der Waals surface area contributed by atoms with E-state index in [4.69, 9.17) is 0 Å². The highest BCUT2D eigenvalue weighted by Crippen LogP contribution is 2.62. The van der Waals surface area contributed by atoms with Gasteiger partial charge in [0, 0.05) is 5.41 Å². The monoisotopic (exact) mass is 290 g/mol. The maximum Gasteiger partial charge on any atom is 0.0519 e. The largest absolute Gasteiger partial charge is 0.395 e. The van der Waals surface area contributed by atoms with E-state index in [1.807, 2.05) is 6.08 Å². The van der Waals surface area contributed by atoms with E-state index in [-0.39, 0.29) is 12.0 Å². The number of rotatable bonds is 4. The minimum atomic E-state index is -0.180. The van der Waals surface area contributed by atoms with Crippen molar-refractivity contribution in [2.24, 2.45) is 28.1 Å². The number of hydrogen-bond donors (Lipinski definition) is 1. The van der Waals surface area contributed by atoms with Crippen LogP contribution in [-0.4, -0.2) is 11.7 Å². The van der Waals surface area contributed by atoms with E-state index in [0.717, 1.165) is 18.8 Å². The molecule has 2 rings (SSSR count). The van der Waals surface area contributed by atoms with Crippen molar-refractivity contribution in [3.05, 3.63) is 24.8 Å². The Morgan fingerprint density at radius 2 is 2.00 bits per heavy atom. The lowest BCUT2D eigenvalue weighted by Gasteiger charge is -2.59. The van der Waals surface area contributed by atoms with Crippen molar-refractivity contribution >= 4 is 0 Å². The van der Waals surface area contributed by atoms with E-state index in [2.05, 4.69) is 40.9 Å². The first-order valence-electron chi connectivity index (χ1n) is 8.61. The Morgan fingerprint density at radius 3 is 2.57 bits per heavy atom. The Labute approximate surface area is 131 Å². The molecule has 0 aliphatic heterocycles. The van der Waals surface area contributed by atoms with Crippen molar-refractivity contribution in [3.63, 3.8) is 0 Å². The molecular formula is C20H34O. The van der Waals surface area contributed by atoms with Gasteiger partial charge in [0.05, 0.1) is 6.61 Å². The summed E-state index contributed by atoms with van der Waals surface area (Å²) in [7, 11) is 0. The van der Waals surface area contributed by atoms with Crippen molar-refractivity contribution in [2.75, 3.05) is 6.61 Å². The number of aliphatic hydroxyl groups excluding tert-OH is 1. The Kier molecular flexibility index (Phi) is 4.46. The molecule has 0 amide bonds. The molecule has 0 saturated heterocycles. The highest BCUT2D eigenvalue weighted by atomic mass is 16.3. The fourth-order valence-corrected chi connectivity index (χ4v) is 5.33. The quantitative estimate of drug-likeness (QED) is 0.691. The first kappa shape index (κ1) is 16.8. The van der Waals surface area contributed by atoms with Gasteiger partial charge in [0.1, 0.15) is 0 Å². The molecule has 1 heteroatoms. The standard InChI is InChI=1S/C20H34O/c1-7-19(5,14-21)13-16-15(2)9-10-17-18(3,4)11-8-12-20(16,17)6/h7,16-17,21H,1-2,8-14H2,3-6H3/t16-,17-,19-,20+/m1/s1. The third-order valence-corrected chi connectivity index (χ3v) is 6.84. The molecule has 2 fully saturated rings. The fourth-order valence-electron chi connectivity index (χ4n) is 5.33. The van der Waals surface area contributed by atoms with Crippen LogP contribution >= 0.6 is 0 Å². The van der Waals surface area contributed by atoms with Gasteiger partial charge in [-0.05, 0) is 54.8 Å². The summed E-state index contributed by atoms with van der Waals surface area (Å²) in [6.07, 6.45) is 9.38. The van der Waals surface area contributed by atoms with E-state index in [1.54, 1.807) is 0 Å². The van der Waals surface area contributed by atoms with Gasteiger partial charge in [-0.25, -0.2) is 0 Å². The molecular weight excluding hydrogens is 256 g/mol. The first-order valence-corrected chi connectivity index (χ1v) is 8.61. The van der Waals surface area contributed by atoms with Crippen LogP contribution in [0, 0.1) is 28.1 Å². The van der Waals surface area contributed by atoms with E-state index in [9.17, 15) is 5.11 Å². The second-order valence-electron chi connectivity index (χ2n) is 8.87. The number of allylic oxidation sites excluding steroid dienone is 1. The highest BCUT2D eigenvalue weighted by Gasteiger charge is 2.53. The van der Waals surface area contributed by atoms with Gasteiger partial charge in [0.15, 0.2) is 0 Å². The predicted octanol–water partition coefficient (Wildman–Crippen LogP) is 5.36. The number of hydrogen-bond acceptors (Lipinski definition) is 1. The fraction of sp³-hybridized carbons (Fsp3) is 0.800. The lowest BCUT2D eigenvalue weighted by atomic mass is 9.46. The SMILES string of the molecule is C=C[C@@](C)(CO)C[C@@H]1C(=C)CC[C@@H]2C(C)(C)CCC[C@@]12C. The van der Waals surface area contributed by atoms with Crippen molar-refractivity contribution in [3.8, 4) is 0 Å². The summed E-state index contributed by atoms with van der Waals surface area (Å²) in [5, 5.41) is 9.78. The molecule has 0 aromatic rings. The molecule has 4 atom stereocenters. The summed E-state index contributed by atoms with van der Waals surface area (Å²) in [4.78, 5) is 0. The molecule has 0 unspecified atom stereocenters. The van der Waals surface area contributed by atoms with Crippen LogP contribution in [0.25, 0.3) is 0 Å². The minimum Gasteiger partial charge on any atom is -0.395 e. The third-order valence-electron chi connectivity index (χ3n) is 6.84. The van der Waals surface area contributed by atoms with Gasteiger partial charge in [-0.3, -0.25) is 0 Å². The first-order chi connectivity index (χ1) is 9.68. The Morgan fingerprint density at radius 1 is 1.33 bits per heavy atom. The van der Waals surface area contributed by atoms with E-state index < -0.39 is 0 Å². The van der Waals surface area contributed by atoms with Crippen LogP contribution in [0.3, 0.4) is 0 Å². The molecule has 0 spiro atoms. The summed E-state index contributed by atoms with van der Waals surface area (Å²) in [5.74, 6) is 1.30. The number of fused-ring (bicyclic) bond motifs is 1. The molecule has 0 heterocycles. The second kappa shape index (κ2) is 5.57. The van der Waals surface area contributed by atoms with Crippen LogP contribution in [0.4, 0.5) is 0 Å². The van der Waals surface area contributed by atoms with Crippen molar-refractivity contribution in [1.82, 2.24) is 0 Å². The summed E-state index contributed by atoms with van der Waals surface area (Å²) < 4.78 is 0. The van der Waals surface area contributed by atoms with E-state index in [0.29, 0.717) is 16.7 Å². The molecule has 120 valence electrons. The summed E-state index contributed by atoms with van der Waals surface area (Å²) in [5.41, 5.74) is 2.01. The maximum absolute atomic E-state index is 9.78. The second-order valence-corrected chi connectivity index (χ2v) is 8.87. The maximum atomic E-state index is 9.78. The zero-order chi connectivity index (χ0) is 15.9. The molecule has 0 aromatic heterocycles. The molecule has 1 nitrogen and oxygen atoms in total. The van der Waals surface area contributed by atoms with Gasteiger partial charge in [0.2, 0.25) is 0 Å².